The molecule has 3 heterocycles. The van der Waals surface area contributed by atoms with Crippen molar-refractivity contribution in [2.45, 2.75) is 49.8 Å². The van der Waals surface area contributed by atoms with Gasteiger partial charge in [-0.15, -0.1) is 11.6 Å². The maximum Gasteiger partial charge on any atom is 0.151 e. The summed E-state index contributed by atoms with van der Waals surface area (Å²) in [5.41, 5.74) is 1.24. The second-order valence-electron chi connectivity index (χ2n) is 5.74. The molecule has 106 valence electrons. The lowest BCUT2D eigenvalue weighted by atomic mass is 9.95. The number of halogens is 2. The van der Waals surface area contributed by atoms with Gasteiger partial charge in [0.15, 0.2) is 5.82 Å². The standard InChI is InChI=1S/C15H16ClFN2O/c1-8(16)15-18-14-10(17)3-2-4-11(14)19(15)12-7-9-5-6-13(12)20-9/h2-4,8-9,12-13H,5-7H2,1H3. The first-order valence-electron chi connectivity index (χ1n) is 7.11. The largest absolute Gasteiger partial charge is 0.373 e. The van der Waals surface area contributed by atoms with Crippen LogP contribution in [0.2, 0.25) is 0 Å². The van der Waals surface area contributed by atoms with Crippen molar-refractivity contribution in [2.24, 2.45) is 0 Å². The van der Waals surface area contributed by atoms with Crippen LogP contribution in [0.1, 0.15) is 43.4 Å². The van der Waals surface area contributed by atoms with E-state index in [1.54, 1.807) is 6.07 Å². The van der Waals surface area contributed by atoms with Crippen molar-refractivity contribution in [3.05, 3.63) is 29.8 Å². The quantitative estimate of drug-likeness (QED) is 0.784. The molecular formula is C15H16ClFN2O. The number of alkyl halides is 1. The van der Waals surface area contributed by atoms with Gasteiger partial charge in [0, 0.05) is 0 Å². The van der Waals surface area contributed by atoms with Gasteiger partial charge in [-0.1, -0.05) is 6.07 Å². The second-order valence-corrected chi connectivity index (χ2v) is 6.40. The van der Waals surface area contributed by atoms with Crippen molar-refractivity contribution in [3.63, 3.8) is 0 Å². The van der Waals surface area contributed by atoms with E-state index in [0.29, 0.717) is 11.6 Å². The van der Waals surface area contributed by atoms with Crippen molar-refractivity contribution in [2.75, 3.05) is 0 Å². The molecule has 2 aliphatic rings. The van der Waals surface area contributed by atoms with Crippen LogP contribution in [0.3, 0.4) is 0 Å². The van der Waals surface area contributed by atoms with Gasteiger partial charge in [-0.05, 0) is 38.3 Å². The van der Waals surface area contributed by atoms with Crippen LogP contribution in [-0.2, 0) is 4.74 Å². The fourth-order valence-electron chi connectivity index (χ4n) is 3.61. The molecule has 2 bridgehead atoms. The van der Waals surface area contributed by atoms with Crippen LogP contribution < -0.4 is 0 Å². The SMILES string of the molecule is CC(Cl)c1nc2c(F)cccc2n1C1CC2CCC1O2. The smallest absolute Gasteiger partial charge is 0.151 e. The molecule has 0 radical (unpaired) electrons. The first-order valence-corrected chi connectivity index (χ1v) is 7.54. The molecule has 0 spiro atoms. The fourth-order valence-corrected chi connectivity index (χ4v) is 3.77. The molecule has 4 unspecified atom stereocenters. The maximum atomic E-state index is 14.0. The Balaban J connectivity index is 1.92. The maximum absolute atomic E-state index is 14.0. The minimum atomic E-state index is -0.288. The fraction of sp³-hybridized carbons (Fsp3) is 0.533. The highest BCUT2D eigenvalue weighted by Gasteiger charge is 2.43. The molecule has 1 aromatic heterocycles. The summed E-state index contributed by atoms with van der Waals surface area (Å²) >= 11 is 6.27. The summed E-state index contributed by atoms with van der Waals surface area (Å²) in [5.74, 6) is 0.455. The van der Waals surface area contributed by atoms with E-state index in [4.69, 9.17) is 16.3 Å². The normalized spacial score (nSPS) is 30.2. The number of rotatable bonds is 2. The number of hydrogen-bond donors (Lipinski definition) is 0. The van der Waals surface area contributed by atoms with Gasteiger partial charge < -0.3 is 9.30 Å². The molecule has 0 amide bonds. The highest BCUT2D eigenvalue weighted by molar-refractivity contribution is 6.20. The summed E-state index contributed by atoms with van der Waals surface area (Å²) in [5, 5.41) is -0.249. The van der Waals surface area contributed by atoms with Crippen molar-refractivity contribution in [1.29, 1.82) is 0 Å². The van der Waals surface area contributed by atoms with E-state index in [-0.39, 0.29) is 23.3 Å². The van der Waals surface area contributed by atoms with Gasteiger partial charge >= 0.3 is 0 Å². The van der Waals surface area contributed by atoms with Crippen molar-refractivity contribution >= 4 is 22.6 Å². The summed E-state index contributed by atoms with van der Waals surface area (Å²) in [6.07, 6.45) is 3.74. The van der Waals surface area contributed by atoms with Crippen LogP contribution in [0.25, 0.3) is 11.0 Å². The number of hydrogen-bond acceptors (Lipinski definition) is 2. The Morgan fingerprint density at radius 3 is 2.95 bits per heavy atom. The molecule has 1 aromatic carbocycles. The number of ether oxygens (including phenoxy) is 1. The lowest BCUT2D eigenvalue weighted by Crippen LogP contribution is -2.22. The number of para-hydroxylation sites is 1. The number of benzene rings is 1. The Hall–Kier alpha value is -1.13. The van der Waals surface area contributed by atoms with Crippen molar-refractivity contribution in [1.82, 2.24) is 9.55 Å². The molecular weight excluding hydrogens is 279 g/mol. The third-order valence-corrected chi connectivity index (χ3v) is 4.65. The summed E-state index contributed by atoms with van der Waals surface area (Å²) < 4.78 is 22.0. The monoisotopic (exact) mass is 294 g/mol. The van der Waals surface area contributed by atoms with Gasteiger partial charge in [-0.25, -0.2) is 9.37 Å². The van der Waals surface area contributed by atoms with Gasteiger partial charge in [0.2, 0.25) is 0 Å². The summed E-state index contributed by atoms with van der Waals surface area (Å²) in [6, 6.07) is 5.32. The molecule has 2 fully saturated rings. The Bertz CT molecular complexity index is 669. The predicted octanol–water partition coefficient (Wildman–Crippen LogP) is 3.97. The highest BCUT2D eigenvalue weighted by Crippen LogP contribution is 2.44. The molecule has 2 aromatic rings. The minimum absolute atomic E-state index is 0.217. The number of nitrogens with zero attached hydrogens (tertiary/aromatic N) is 2. The summed E-state index contributed by atoms with van der Waals surface area (Å²) in [7, 11) is 0. The molecule has 3 nitrogen and oxygen atoms in total. The molecule has 5 heteroatoms. The molecule has 2 aliphatic heterocycles. The summed E-state index contributed by atoms with van der Waals surface area (Å²) in [6.45, 7) is 1.88. The van der Waals surface area contributed by atoms with Crippen LogP contribution in [-0.4, -0.2) is 21.8 Å². The lowest BCUT2D eigenvalue weighted by Gasteiger charge is -2.23. The van der Waals surface area contributed by atoms with Gasteiger partial charge in [0.1, 0.15) is 11.3 Å². The number of aromatic nitrogens is 2. The first kappa shape index (κ1) is 12.6. The number of imidazole rings is 1. The van der Waals surface area contributed by atoms with Gasteiger partial charge in [0.05, 0.1) is 29.1 Å². The van der Waals surface area contributed by atoms with Crippen LogP contribution in [0.5, 0.6) is 0 Å². The zero-order valence-corrected chi connectivity index (χ0v) is 12.0. The molecule has 2 saturated heterocycles. The van der Waals surface area contributed by atoms with Crippen LogP contribution in [0, 0.1) is 5.82 Å². The van der Waals surface area contributed by atoms with Gasteiger partial charge in [-0.3, -0.25) is 0 Å². The van der Waals surface area contributed by atoms with E-state index >= 15 is 0 Å². The Morgan fingerprint density at radius 2 is 2.30 bits per heavy atom. The second kappa shape index (κ2) is 4.43. The summed E-state index contributed by atoms with van der Waals surface area (Å²) in [4.78, 5) is 4.44. The Labute approximate surface area is 121 Å². The van der Waals surface area contributed by atoms with Crippen LogP contribution in [0.4, 0.5) is 4.39 Å². The topological polar surface area (TPSA) is 27.1 Å². The molecule has 0 aliphatic carbocycles. The molecule has 4 atom stereocenters. The lowest BCUT2D eigenvalue weighted by molar-refractivity contribution is 0.0939. The minimum Gasteiger partial charge on any atom is -0.373 e. The van der Waals surface area contributed by atoms with E-state index in [2.05, 4.69) is 9.55 Å². The third-order valence-electron chi connectivity index (χ3n) is 4.46. The van der Waals surface area contributed by atoms with E-state index in [9.17, 15) is 4.39 Å². The zero-order valence-electron chi connectivity index (χ0n) is 11.2. The Kier molecular flexibility index (Phi) is 2.79. The van der Waals surface area contributed by atoms with Crippen molar-refractivity contribution in [3.8, 4) is 0 Å². The van der Waals surface area contributed by atoms with Crippen LogP contribution in [0.15, 0.2) is 18.2 Å². The van der Waals surface area contributed by atoms with Gasteiger partial charge in [0.25, 0.3) is 0 Å². The molecule has 4 rings (SSSR count). The average molecular weight is 295 g/mol. The molecule has 20 heavy (non-hydrogen) atoms. The number of fused-ring (bicyclic) bond motifs is 3. The van der Waals surface area contributed by atoms with E-state index < -0.39 is 0 Å². The van der Waals surface area contributed by atoms with E-state index in [1.807, 2.05) is 13.0 Å². The zero-order chi connectivity index (χ0) is 13.9. The van der Waals surface area contributed by atoms with Crippen molar-refractivity contribution < 1.29 is 9.13 Å². The highest BCUT2D eigenvalue weighted by atomic mass is 35.5. The molecule has 0 N–H and O–H groups in total. The third kappa shape index (κ3) is 1.71. The predicted molar refractivity (Wildman–Crippen MR) is 75.5 cm³/mol. The Morgan fingerprint density at radius 1 is 1.45 bits per heavy atom. The first-order chi connectivity index (χ1) is 9.65. The van der Waals surface area contributed by atoms with E-state index in [0.717, 1.165) is 30.6 Å². The average Bonchev–Trinajstić information content (AvgIpc) is 3.11. The van der Waals surface area contributed by atoms with Gasteiger partial charge in [-0.2, -0.15) is 0 Å². The van der Waals surface area contributed by atoms with Crippen LogP contribution >= 0.6 is 11.6 Å². The van der Waals surface area contributed by atoms with E-state index in [1.165, 1.54) is 6.07 Å². The molecule has 0 saturated carbocycles.